The highest BCUT2D eigenvalue weighted by atomic mass is 79.9. The summed E-state index contributed by atoms with van der Waals surface area (Å²) in [7, 11) is 2.67. The van der Waals surface area contributed by atoms with Crippen LogP contribution in [0, 0.1) is 11.8 Å². The number of guanidine groups is 1. The van der Waals surface area contributed by atoms with Crippen LogP contribution < -0.4 is 48.9 Å². The number of anilines is 3. The number of H-pyrrole nitrogens is 3. The van der Waals surface area contributed by atoms with Crippen molar-refractivity contribution in [1.82, 2.24) is 45.9 Å². The van der Waals surface area contributed by atoms with E-state index in [1.54, 1.807) is 35.2 Å². The Morgan fingerprint density at radius 1 is 0.759 bits per heavy atom. The Hall–Kier alpha value is -12.2. The minimum absolute atomic E-state index is 0.0396. The molecule has 36 heteroatoms. The molecule has 5 aromatic carbocycles. The zero-order valence-corrected chi connectivity index (χ0v) is 64.1. The van der Waals surface area contributed by atoms with Crippen molar-refractivity contribution in [3.05, 3.63) is 159 Å². The second kappa shape index (κ2) is 42.7. The third kappa shape index (κ3) is 24.9. The Morgan fingerprint density at radius 3 is 2.04 bits per heavy atom. The Bertz CT molecular complexity index is 5100. The van der Waals surface area contributed by atoms with E-state index in [2.05, 4.69) is 72.1 Å². The predicted molar refractivity (Wildman–Crippen MR) is 421 cm³/mol. The van der Waals surface area contributed by atoms with Gasteiger partial charge in [-0.2, -0.15) is 24.2 Å². The number of nitrogen functional groups attached to an aromatic ring is 1. The molecular weight excluding hydrogens is 1550 g/mol. The number of fused-ring (bicyclic) bond motifs is 6. The number of nitrogens with one attached hydrogen (secondary N) is 7. The topological polar surface area (TPSA) is 545 Å². The van der Waals surface area contributed by atoms with Crippen molar-refractivity contribution in [2.24, 2.45) is 28.3 Å². The van der Waals surface area contributed by atoms with Gasteiger partial charge in [-0.15, -0.1) is 0 Å². The summed E-state index contributed by atoms with van der Waals surface area (Å²) in [5, 5.41) is 44.9. The highest BCUT2D eigenvalue weighted by Crippen LogP contribution is 2.46. The molecule has 4 aromatic heterocycles. The SMILES string of the molecule is CCC(=O)Cc1ccc2[nH]c(C(=O)Cc3ccc4[nH]c(C(=O)N5CC(CBr)c6c5cc(O)c5ccccc65)cc4c3)cc2c1.CCSSC[C@H](CC(=O)[C@H](CC(=O)O)NC(=O)[C@H](CCCN=C(N)N)CC(=O)[C@H](C)NC(=O)CCCNC(=O)c1ccc(NCc2cnc3nc(N)[nH]c(=O)c3n2)cc1)C(=O)O.O=C=O.O=C=O. The average Bonchev–Trinajstić information content (AvgIpc) is 1.58. The van der Waals surface area contributed by atoms with Gasteiger partial charge in [-0.1, -0.05) is 87.8 Å². The minimum atomic E-state index is -1.55. The van der Waals surface area contributed by atoms with Crippen LogP contribution in [0.2, 0.25) is 0 Å². The summed E-state index contributed by atoms with van der Waals surface area (Å²) >= 11 is 3.63. The summed E-state index contributed by atoms with van der Waals surface area (Å²) < 4.78 is 0. The summed E-state index contributed by atoms with van der Waals surface area (Å²) in [6.45, 7) is 6.17. The maximum absolute atomic E-state index is 13.8. The normalized spacial score (nSPS) is 13.0. The lowest BCUT2D eigenvalue weighted by Crippen LogP contribution is -2.47. The molecule has 0 bridgehead atoms. The molecule has 0 spiro atoms. The molecule has 33 nitrogen and oxygen atoms in total. The van der Waals surface area contributed by atoms with Crippen LogP contribution in [0.15, 0.2) is 119 Å². The lowest BCUT2D eigenvalue weighted by Gasteiger charge is -2.23. The van der Waals surface area contributed by atoms with Crippen molar-refractivity contribution in [2.45, 2.75) is 110 Å². The number of carbonyl (C=O) groups is 10. The molecule has 9 aromatic rings. The molecule has 112 heavy (non-hydrogen) atoms. The van der Waals surface area contributed by atoms with Gasteiger partial charge in [0.1, 0.15) is 17.2 Å². The highest BCUT2D eigenvalue weighted by molar-refractivity contribution is 9.09. The lowest BCUT2D eigenvalue weighted by atomic mass is 9.92. The van der Waals surface area contributed by atoms with Crippen LogP contribution in [0.1, 0.15) is 132 Å². The first-order chi connectivity index (χ1) is 53.6. The number of hydrogen-bond donors (Lipinski definition) is 13. The number of carbonyl (C=O) groups excluding carboxylic acids is 12. The van der Waals surface area contributed by atoms with E-state index in [9.17, 15) is 68.1 Å². The largest absolute Gasteiger partial charge is 0.507 e. The molecule has 0 saturated heterocycles. The van der Waals surface area contributed by atoms with Gasteiger partial charge in [-0.25, -0.2) is 9.97 Å². The number of aromatic hydroxyl groups is 1. The second-order valence-electron chi connectivity index (χ2n) is 25.6. The molecule has 5 atom stereocenters. The summed E-state index contributed by atoms with van der Waals surface area (Å²) in [5.74, 6) is -7.01. The molecule has 0 aliphatic carbocycles. The third-order valence-corrected chi connectivity index (χ3v) is 21.0. The number of aliphatic imine (C=N–C) groups is 1. The van der Waals surface area contributed by atoms with Gasteiger partial charge in [-0.3, -0.25) is 62.7 Å². The standard InChI is InChI=1S/C38H52N12O10S2.C36H30BrN3O4.2CO2/c1-3-61-62-19-23(36(59)60)15-28(52)26(16-30(54)55)48-34(57)22(6-4-13-43-37(39)40)14-27(51)20(2)46-29(53)7-5-12-42-33(56)21-8-10-24(11-9-21)44-17-25-18-45-32-31(47-25)35(58)50-38(41)49-32;1-2-25(41)13-20-7-9-28-22(11-20)15-30(38-28)34(43)14-21-8-10-29-23(12-21)16-31(39-29)36(44)40-19-24(18-37)35-27-6-4-3-5-26(27)33(42)17-32(35)40;2*2-1-3/h8-11,18,20,22-23,26,44H,3-7,12-17,19H2,1-2H3,(H,42,56)(H,46,53)(H,48,57)(H,54,55)(H,59,60)(H4,39,40,43)(H3,41,45,49,50,58);3-12,15-17,24,38-39,42H,2,13-14,18-19H2,1H3;;/t20-,22+,23-,26-;;;/m0.../s1. The molecule has 0 fully saturated rings. The smallest absolute Gasteiger partial charge is 0.373 e. The van der Waals surface area contributed by atoms with Crippen LogP contribution in [0.25, 0.3) is 43.7 Å². The van der Waals surface area contributed by atoms with E-state index in [-0.39, 0.29) is 134 Å². The van der Waals surface area contributed by atoms with Crippen LogP contribution in [0.4, 0.5) is 17.3 Å². The number of phenols is 1. The van der Waals surface area contributed by atoms with Gasteiger partial charge in [0, 0.05) is 131 Å². The van der Waals surface area contributed by atoms with E-state index in [1.807, 2.05) is 86.6 Å². The van der Waals surface area contributed by atoms with Gasteiger partial charge in [0.15, 0.2) is 34.5 Å². The summed E-state index contributed by atoms with van der Waals surface area (Å²) in [5.41, 5.74) is 23.7. The number of benzene rings is 5. The van der Waals surface area contributed by atoms with Crippen molar-refractivity contribution in [3.63, 3.8) is 0 Å². The molecule has 0 saturated carbocycles. The fourth-order valence-electron chi connectivity index (χ4n) is 12.1. The first kappa shape index (κ1) is 87.0. The maximum Gasteiger partial charge on any atom is 0.373 e. The number of alkyl halides is 1. The number of amides is 4. The van der Waals surface area contributed by atoms with E-state index in [0.717, 1.165) is 55.0 Å². The Kier molecular flexibility index (Phi) is 33.1. The fraction of sp³-hybridized carbons (Fsp3) is 0.329. The number of rotatable bonds is 36. The van der Waals surface area contributed by atoms with Gasteiger partial charge in [-0.05, 0) is 109 Å². The maximum atomic E-state index is 13.8. The van der Waals surface area contributed by atoms with Crippen molar-refractivity contribution < 1.29 is 82.4 Å². The van der Waals surface area contributed by atoms with Crippen molar-refractivity contribution >= 4 is 176 Å². The van der Waals surface area contributed by atoms with Gasteiger partial charge in [0.05, 0.1) is 54.2 Å². The van der Waals surface area contributed by atoms with Crippen LogP contribution in [0.3, 0.4) is 0 Å². The predicted octanol–water partition coefficient (Wildman–Crippen LogP) is 7.00. The number of aromatic nitrogens is 6. The number of Topliss-reactive ketones (excluding diaryl/α,β-unsaturated/α-hetero) is 4. The molecular formula is C76H82BrN15O18S2. The van der Waals surface area contributed by atoms with Crippen molar-refractivity contribution in [3.8, 4) is 5.75 Å². The number of hydrogen-bond acceptors (Lipinski definition) is 24. The lowest BCUT2D eigenvalue weighted by molar-refractivity contribution is -0.193. The zero-order chi connectivity index (χ0) is 81.7. The monoisotopic (exact) mass is 1640 g/mol. The molecule has 10 rings (SSSR count). The molecule has 1 unspecified atom stereocenters. The molecule has 4 amide bonds. The minimum Gasteiger partial charge on any atom is -0.507 e. The Morgan fingerprint density at radius 2 is 1.40 bits per heavy atom. The molecule has 1 aliphatic rings. The number of nitrogens with zero attached hydrogens (tertiary/aromatic N) is 5. The second-order valence-corrected chi connectivity index (χ2v) is 29.1. The molecule has 0 radical (unpaired) electrons. The van der Waals surface area contributed by atoms with Crippen LogP contribution in [0.5, 0.6) is 5.75 Å². The van der Waals surface area contributed by atoms with Crippen molar-refractivity contribution in [1.29, 1.82) is 0 Å². The van der Waals surface area contributed by atoms with Crippen LogP contribution >= 0.6 is 37.5 Å². The fourth-order valence-corrected chi connectivity index (χ4v) is 14.6. The van der Waals surface area contributed by atoms with E-state index in [4.69, 9.17) is 36.4 Å². The first-order valence-corrected chi connectivity index (χ1v) is 38.7. The average molecular weight is 1640 g/mol. The zero-order valence-electron chi connectivity index (χ0n) is 60.9. The Balaban J connectivity index is 0.000000303. The highest BCUT2D eigenvalue weighted by Gasteiger charge is 2.36. The van der Waals surface area contributed by atoms with Crippen molar-refractivity contribution in [2.75, 3.05) is 52.4 Å². The van der Waals surface area contributed by atoms with E-state index >= 15 is 0 Å². The van der Waals surface area contributed by atoms with Gasteiger partial charge in [0.25, 0.3) is 17.4 Å². The van der Waals surface area contributed by atoms with Crippen LogP contribution in [-0.4, -0.2) is 171 Å². The number of aliphatic carboxylic acids is 2. The van der Waals surface area contributed by atoms with E-state index < -0.39 is 77.6 Å². The summed E-state index contributed by atoms with van der Waals surface area (Å²) in [6, 6.07) is 28.6. The molecule has 588 valence electrons. The number of phenolic OH excluding ortho intramolecular Hbond substituents is 1. The van der Waals surface area contributed by atoms with E-state index in [0.29, 0.717) is 58.8 Å². The van der Waals surface area contributed by atoms with E-state index in [1.165, 1.54) is 34.7 Å². The van der Waals surface area contributed by atoms with Gasteiger partial charge < -0.3 is 68.7 Å². The van der Waals surface area contributed by atoms with Crippen LogP contribution in [-0.2, 0) is 72.1 Å². The number of ketones is 4. The number of carboxylic acids is 2. The molecule has 1 aliphatic heterocycles. The summed E-state index contributed by atoms with van der Waals surface area (Å²) in [6.07, 6.45) is 1.86. The van der Waals surface area contributed by atoms with Gasteiger partial charge >= 0.3 is 24.2 Å². The first-order valence-electron chi connectivity index (χ1n) is 35.0. The Labute approximate surface area is 655 Å². The number of halogens is 1. The van der Waals surface area contributed by atoms with Gasteiger partial charge in [0.2, 0.25) is 17.8 Å². The number of aromatic amines is 3. The third-order valence-electron chi connectivity index (χ3n) is 17.6. The quantitative estimate of drug-likeness (QED) is 0.00469. The number of nitrogens with two attached hydrogens (primary N) is 3. The summed E-state index contributed by atoms with van der Waals surface area (Å²) in [4.78, 5) is 199. The molecule has 5 heterocycles. The molecule has 16 N–H and O–H groups in total. The number of carboxylic acid groups (broad SMARTS) is 2.